The lowest BCUT2D eigenvalue weighted by Gasteiger charge is -2.35. The molecular weight excluding hydrogens is 302 g/mol. The van der Waals surface area contributed by atoms with E-state index >= 15 is 0 Å². The highest BCUT2D eigenvalue weighted by atomic mass is 16.2. The molecule has 3 rings (SSSR count). The Morgan fingerprint density at radius 3 is 2.54 bits per heavy atom. The summed E-state index contributed by atoms with van der Waals surface area (Å²) in [5.74, 6) is 0.968. The summed E-state index contributed by atoms with van der Waals surface area (Å²) in [6.45, 7) is 4.93. The molecule has 0 aliphatic carbocycles. The lowest BCUT2D eigenvalue weighted by molar-refractivity contribution is 0.0746. The van der Waals surface area contributed by atoms with Gasteiger partial charge in [0.05, 0.1) is 11.9 Å². The zero-order valence-corrected chi connectivity index (χ0v) is 14.4. The van der Waals surface area contributed by atoms with Crippen molar-refractivity contribution in [3.8, 4) is 0 Å². The minimum atomic E-state index is 0.103. The number of carbonyl (C=O) groups is 1. The zero-order valence-electron chi connectivity index (χ0n) is 14.4. The highest BCUT2D eigenvalue weighted by Crippen LogP contribution is 2.19. The molecule has 6 nitrogen and oxygen atoms in total. The number of benzene rings is 1. The molecule has 6 heteroatoms. The first-order valence-corrected chi connectivity index (χ1v) is 8.15. The van der Waals surface area contributed by atoms with Crippen LogP contribution in [0.2, 0.25) is 0 Å². The van der Waals surface area contributed by atoms with Crippen LogP contribution in [0.5, 0.6) is 0 Å². The minimum absolute atomic E-state index is 0.103. The van der Waals surface area contributed by atoms with Gasteiger partial charge in [0.15, 0.2) is 5.82 Å². The second-order valence-corrected chi connectivity index (χ2v) is 6.32. The number of piperazine rings is 1. The van der Waals surface area contributed by atoms with E-state index in [0.29, 0.717) is 13.1 Å². The van der Waals surface area contributed by atoms with Gasteiger partial charge in [-0.1, -0.05) is 17.7 Å². The summed E-state index contributed by atoms with van der Waals surface area (Å²) in [7, 11) is 3.97. The number of hydrogen-bond donors (Lipinski definition) is 0. The maximum atomic E-state index is 12.6. The second kappa shape index (κ2) is 6.86. The number of hydrogen-bond acceptors (Lipinski definition) is 5. The summed E-state index contributed by atoms with van der Waals surface area (Å²) in [5.41, 5.74) is 2.89. The monoisotopic (exact) mass is 325 g/mol. The predicted molar refractivity (Wildman–Crippen MR) is 95.7 cm³/mol. The number of carbonyl (C=O) groups excluding carboxylic acids is 1. The number of aromatic nitrogens is 2. The van der Waals surface area contributed by atoms with Crippen LogP contribution >= 0.6 is 0 Å². The molecule has 2 aromatic rings. The third kappa shape index (κ3) is 3.48. The van der Waals surface area contributed by atoms with Crippen LogP contribution in [0.1, 0.15) is 15.9 Å². The van der Waals surface area contributed by atoms with Crippen LogP contribution in [0.25, 0.3) is 0 Å². The van der Waals surface area contributed by atoms with Crippen LogP contribution in [0.3, 0.4) is 0 Å². The van der Waals surface area contributed by atoms with Crippen LogP contribution in [0.4, 0.5) is 11.5 Å². The highest BCUT2D eigenvalue weighted by molar-refractivity contribution is 5.94. The van der Waals surface area contributed by atoms with Gasteiger partial charge >= 0.3 is 0 Å². The van der Waals surface area contributed by atoms with Gasteiger partial charge < -0.3 is 14.7 Å². The van der Waals surface area contributed by atoms with Crippen molar-refractivity contribution < 1.29 is 4.79 Å². The molecule has 1 amide bonds. The lowest BCUT2D eigenvalue weighted by Crippen LogP contribution is -2.49. The molecule has 2 heterocycles. The van der Waals surface area contributed by atoms with Gasteiger partial charge in [-0.15, -0.1) is 5.10 Å². The maximum Gasteiger partial charge on any atom is 0.253 e. The fraction of sp³-hybridized carbons (Fsp3) is 0.389. The first kappa shape index (κ1) is 16.2. The van der Waals surface area contributed by atoms with E-state index < -0.39 is 0 Å². The van der Waals surface area contributed by atoms with Gasteiger partial charge in [0.2, 0.25) is 0 Å². The summed E-state index contributed by atoms with van der Waals surface area (Å²) < 4.78 is 0. The Morgan fingerprint density at radius 2 is 1.88 bits per heavy atom. The molecule has 1 aromatic carbocycles. The van der Waals surface area contributed by atoms with E-state index in [-0.39, 0.29) is 5.91 Å². The maximum absolute atomic E-state index is 12.6. The largest absolute Gasteiger partial charge is 0.376 e. The first-order chi connectivity index (χ1) is 11.5. The van der Waals surface area contributed by atoms with Gasteiger partial charge in [-0.05, 0) is 19.1 Å². The normalized spacial score (nSPS) is 14.6. The van der Waals surface area contributed by atoms with Crippen molar-refractivity contribution in [1.82, 2.24) is 15.1 Å². The Kier molecular flexibility index (Phi) is 4.64. The van der Waals surface area contributed by atoms with E-state index in [9.17, 15) is 4.79 Å². The molecule has 0 radical (unpaired) electrons. The molecule has 0 N–H and O–H groups in total. The van der Waals surface area contributed by atoms with Crippen molar-refractivity contribution in [2.24, 2.45) is 0 Å². The summed E-state index contributed by atoms with van der Waals surface area (Å²) in [6, 6.07) is 9.80. The number of nitrogens with zero attached hydrogens (tertiary/aromatic N) is 5. The molecular formula is C18H23N5O. The molecule has 24 heavy (non-hydrogen) atoms. The molecule has 1 saturated heterocycles. The van der Waals surface area contributed by atoms with Crippen molar-refractivity contribution in [3.05, 3.63) is 47.7 Å². The summed E-state index contributed by atoms with van der Waals surface area (Å²) in [4.78, 5) is 18.7. The van der Waals surface area contributed by atoms with Gasteiger partial charge in [-0.3, -0.25) is 4.79 Å². The molecule has 1 aromatic heterocycles. The van der Waals surface area contributed by atoms with Crippen LogP contribution in [0, 0.1) is 6.92 Å². The average molecular weight is 325 g/mol. The predicted octanol–water partition coefficient (Wildman–Crippen LogP) is 1.81. The van der Waals surface area contributed by atoms with Crippen molar-refractivity contribution in [1.29, 1.82) is 0 Å². The van der Waals surface area contributed by atoms with Crippen molar-refractivity contribution >= 4 is 17.4 Å². The average Bonchev–Trinajstić information content (AvgIpc) is 2.61. The highest BCUT2D eigenvalue weighted by Gasteiger charge is 2.23. The fourth-order valence-electron chi connectivity index (χ4n) is 2.84. The quantitative estimate of drug-likeness (QED) is 0.861. The smallest absolute Gasteiger partial charge is 0.253 e. The zero-order chi connectivity index (χ0) is 17.1. The third-order valence-corrected chi connectivity index (χ3v) is 4.30. The number of rotatable bonds is 3. The molecule has 0 spiro atoms. The number of anilines is 2. The van der Waals surface area contributed by atoms with E-state index in [2.05, 4.69) is 15.1 Å². The summed E-state index contributed by atoms with van der Waals surface area (Å²) in [5, 5.41) is 8.31. The van der Waals surface area contributed by atoms with Gasteiger partial charge in [0.1, 0.15) is 0 Å². The molecule has 1 fully saturated rings. The number of amides is 1. The van der Waals surface area contributed by atoms with Crippen LogP contribution in [-0.2, 0) is 0 Å². The van der Waals surface area contributed by atoms with Gasteiger partial charge in [0, 0.05) is 51.9 Å². The van der Waals surface area contributed by atoms with E-state index in [1.54, 1.807) is 6.20 Å². The standard InChI is InChI=1S/C18H23N5O/c1-14-5-4-6-15(11-14)18(24)23-9-7-22(8-10-23)17-12-16(21(2)3)13-19-20-17/h4-6,11-13H,7-10H2,1-3H3. The van der Waals surface area contributed by atoms with Crippen LogP contribution in [0.15, 0.2) is 36.5 Å². The Bertz CT molecular complexity index is 723. The Balaban J connectivity index is 1.65. The Hall–Kier alpha value is -2.63. The number of aryl methyl sites for hydroxylation is 1. The van der Waals surface area contributed by atoms with Crippen LogP contribution < -0.4 is 9.80 Å². The molecule has 1 aliphatic rings. The molecule has 126 valence electrons. The van der Waals surface area contributed by atoms with Crippen molar-refractivity contribution in [3.63, 3.8) is 0 Å². The van der Waals surface area contributed by atoms with E-state index in [0.717, 1.165) is 35.7 Å². The topological polar surface area (TPSA) is 52.6 Å². The lowest BCUT2D eigenvalue weighted by atomic mass is 10.1. The molecule has 0 saturated carbocycles. The summed E-state index contributed by atoms with van der Waals surface area (Å²) in [6.07, 6.45) is 1.75. The van der Waals surface area contributed by atoms with E-state index in [1.165, 1.54) is 0 Å². The Morgan fingerprint density at radius 1 is 1.12 bits per heavy atom. The van der Waals surface area contributed by atoms with E-state index in [4.69, 9.17) is 0 Å². The van der Waals surface area contributed by atoms with E-state index in [1.807, 2.05) is 61.2 Å². The van der Waals surface area contributed by atoms with Gasteiger partial charge in [-0.2, -0.15) is 5.10 Å². The third-order valence-electron chi connectivity index (χ3n) is 4.30. The second-order valence-electron chi connectivity index (χ2n) is 6.32. The summed E-state index contributed by atoms with van der Waals surface area (Å²) >= 11 is 0. The Labute approximate surface area is 142 Å². The van der Waals surface area contributed by atoms with Crippen molar-refractivity contribution in [2.45, 2.75) is 6.92 Å². The molecule has 1 aliphatic heterocycles. The first-order valence-electron chi connectivity index (χ1n) is 8.15. The van der Waals surface area contributed by atoms with Crippen molar-refractivity contribution in [2.75, 3.05) is 50.1 Å². The van der Waals surface area contributed by atoms with Gasteiger partial charge in [0.25, 0.3) is 5.91 Å². The molecule has 0 atom stereocenters. The SMILES string of the molecule is Cc1cccc(C(=O)N2CCN(c3cc(N(C)C)cnn3)CC2)c1. The van der Waals surface area contributed by atoms with Gasteiger partial charge in [-0.25, -0.2) is 0 Å². The molecule has 0 bridgehead atoms. The minimum Gasteiger partial charge on any atom is -0.376 e. The van der Waals surface area contributed by atoms with Crippen LogP contribution in [-0.4, -0.2) is 61.3 Å². The molecule has 0 unspecified atom stereocenters. The fourth-order valence-corrected chi connectivity index (χ4v) is 2.84.